The van der Waals surface area contributed by atoms with Gasteiger partial charge in [-0.25, -0.2) is 9.48 Å². The first-order valence-electron chi connectivity index (χ1n) is 20.5. The van der Waals surface area contributed by atoms with Crippen LogP contribution >= 0.6 is 22.7 Å². The zero-order valence-electron chi connectivity index (χ0n) is 34.0. The number of aryl methyl sites for hydroxylation is 2. The van der Waals surface area contributed by atoms with E-state index in [1.165, 1.54) is 39.9 Å². The second-order valence-electron chi connectivity index (χ2n) is 17.1. The topological polar surface area (TPSA) is 166 Å². The van der Waals surface area contributed by atoms with Crippen LogP contribution in [0.2, 0.25) is 0 Å². The largest absolute Gasteiger partial charge is 0.499 e. The number of hydrogen-bond donors (Lipinski definition) is 5. The first-order valence-corrected chi connectivity index (χ1v) is 22.2. The molecule has 0 amide bonds. The number of esters is 1. The molecule has 0 bridgehead atoms. The minimum atomic E-state index is -1.82. The molecule has 14 heteroatoms. The number of thiophene rings is 2. The average Bonchev–Trinajstić information content (AvgIpc) is 4.05. The van der Waals surface area contributed by atoms with Crippen LogP contribution in [0.15, 0.2) is 52.6 Å². The highest BCUT2D eigenvalue weighted by Gasteiger charge is 2.46. The fraction of sp³-hybridized carbons (Fsp3) is 0.467. The van der Waals surface area contributed by atoms with Gasteiger partial charge < -0.3 is 35.3 Å². The van der Waals surface area contributed by atoms with Crippen molar-refractivity contribution in [2.45, 2.75) is 114 Å². The van der Waals surface area contributed by atoms with Crippen LogP contribution in [0, 0.1) is 12.1 Å². The molecule has 0 saturated heterocycles. The van der Waals surface area contributed by atoms with Crippen LogP contribution in [0.4, 0.5) is 0 Å². The molecule has 6 aromatic rings. The Labute approximate surface area is 351 Å². The SMILES string of the molecule is CN(CCCn1nnc2cc(CNC[C@H](O)c3c#cc(O)c4[nH]c(=O)ccc34)c3c(c21)CCC3)[C@H]1CC[C@H](OC(=O)[C@](O)(c2cccs2)c2ccc(C(C)(C)C)s2)CC1. The Morgan fingerprint density at radius 1 is 1.08 bits per heavy atom. The van der Waals surface area contributed by atoms with Crippen LogP contribution in [0.5, 0.6) is 5.75 Å². The van der Waals surface area contributed by atoms with Crippen molar-refractivity contribution < 1.29 is 24.9 Å². The molecule has 1 saturated carbocycles. The number of aromatic hydroxyl groups is 1. The third-order valence-corrected chi connectivity index (χ3v) is 14.6. The van der Waals surface area contributed by atoms with E-state index in [9.17, 15) is 24.9 Å². The molecule has 12 nitrogen and oxygen atoms in total. The van der Waals surface area contributed by atoms with E-state index in [0.29, 0.717) is 33.3 Å². The number of carbonyl (C=O) groups is 1. The van der Waals surface area contributed by atoms with Gasteiger partial charge in [-0.2, -0.15) is 0 Å². The van der Waals surface area contributed by atoms with Gasteiger partial charge in [0, 0.05) is 47.6 Å². The third kappa shape index (κ3) is 8.29. The Morgan fingerprint density at radius 3 is 2.61 bits per heavy atom. The number of H-pyrrole nitrogens is 1. The fourth-order valence-electron chi connectivity index (χ4n) is 8.75. The Hall–Kier alpha value is -4.62. The number of rotatable bonds is 14. The normalized spacial score (nSPS) is 18.6. The number of aliphatic hydroxyl groups is 2. The third-order valence-electron chi connectivity index (χ3n) is 12.0. The molecule has 310 valence electrons. The number of nitrogens with zero attached hydrogens (tertiary/aromatic N) is 4. The zero-order chi connectivity index (χ0) is 41.5. The van der Waals surface area contributed by atoms with Crippen LogP contribution in [0.3, 0.4) is 0 Å². The molecule has 5 N–H and O–H groups in total. The van der Waals surface area contributed by atoms with Crippen LogP contribution in [0.25, 0.3) is 21.9 Å². The number of pyridine rings is 1. The summed E-state index contributed by atoms with van der Waals surface area (Å²) >= 11 is 2.84. The smallest absolute Gasteiger partial charge is 0.349 e. The molecule has 4 heterocycles. The van der Waals surface area contributed by atoms with Crippen molar-refractivity contribution in [3.05, 3.63) is 107 Å². The molecule has 2 atom stereocenters. The number of nitrogens with one attached hydrogen (secondary N) is 2. The number of aromatic nitrogens is 4. The van der Waals surface area contributed by atoms with Gasteiger partial charge in [0.2, 0.25) is 11.2 Å². The Morgan fingerprint density at radius 2 is 1.86 bits per heavy atom. The monoisotopic (exact) mass is 836 g/mol. The first kappa shape index (κ1) is 41.1. The minimum absolute atomic E-state index is 0.0915. The maximum absolute atomic E-state index is 13.8. The number of fused-ring (bicyclic) bond motifs is 4. The quantitative estimate of drug-likeness (QED) is 0.0773. The summed E-state index contributed by atoms with van der Waals surface area (Å²) in [6, 6.07) is 18.4. The van der Waals surface area contributed by atoms with Crippen molar-refractivity contribution in [3.8, 4) is 5.75 Å². The highest BCUT2D eigenvalue weighted by atomic mass is 32.1. The number of benzene rings is 1. The molecule has 0 spiro atoms. The van der Waals surface area contributed by atoms with Crippen molar-refractivity contribution >= 4 is 50.6 Å². The van der Waals surface area contributed by atoms with Gasteiger partial charge in [0.15, 0.2) is 5.75 Å². The van der Waals surface area contributed by atoms with Crippen LogP contribution in [0.1, 0.15) is 102 Å². The maximum atomic E-state index is 13.8. The maximum Gasteiger partial charge on any atom is 0.349 e. The number of aromatic amines is 1. The summed E-state index contributed by atoms with van der Waals surface area (Å²) in [5, 5.41) is 48.2. The fourth-order valence-corrected chi connectivity index (χ4v) is 10.8. The van der Waals surface area contributed by atoms with Crippen molar-refractivity contribution in [3.63, 3.8) is 0 Å². The zero-order valence-corrected chi connectivity index (χ0v) is 35.6. The number of carbonyl (C=O) groups excluding carboxylic acids is 1. The Balaban J connectivity index is 0.843. The summed E-state index contributed by atoms with van der Waals surface area (Å²) < 4.78 is 8.16. The minimum Gasteiger partial charge on any atom is -0.499 e. The molecule has 2 aliphatic rings. The Kier molecular flexibility index (Phi) is 11.7. The van der Waals surface area contributed by atoms with Gasteiger partial charge in [-0.05, 0) is 129 Å². The summed E-state index contributed by atoms with van der Waals surface area (Å²) in [5.74, 6) is -0.805. The number of ether oxygens (including phenoxy) is 1. The summed E-state index contributed by atoms with van der Waals surface area (Å²) in [4.78, 5) is 32.9. The number of aliphatic hydroxyl groups excluding tert-OH is 1. The highest BCUT2D eigenvalue weighted by Crippen LogP contribution is 2.42. The molecular weight excluding hydrogens is 785 g/mol. The lowest BCUT2D eigenvalue weighted by Gasteiger charge is -2.35. The molecule has 0 unspecified atom stereocenters. The second kappa shape index (κ2) is 16.8. The first-order chi connectivity index (χ1) is 28.3. The van der Waals surface area contributed by atoms with Gasteiger partial charge >= 0.3 is 5.97 Å². The average molecular weight is 837 g/mol. The molecule has 8 rings (SSSR count). The van der Waals surface area contributed by atoms with Crippen molar-refractivity contribution in [1.29, 1.82) is 0 Å². The number of hydrogen-bond acceptors (Lipinski definition) is 12. The lowest BCUT2D eigenvalue weighted by atomic mass is 9.91. The van der Waals surface area contributed by atoms with E-state index >= 15 is 0 Å². The molecule has 2 aromatic carbocycles. The summed E-state index contributed by atoms with van der Waals surface area (Å²) in [5.41, 5.74) is 4.19. The van der Waals surface area contributed by atoms with Gasteiger partial charge in [-0.15, -0.1) is 27.8 Å². The van der Waals surface area contributed by atoms with E-state index < -0.39 is 17.7 Å². The molecule has 4 aromatic heterocycles. The molecule has 1 fully saturated rings. The van der Waals surface area contributed by atoms with Crippen molar-refractivity contribution in [2.24, 2.45) is 0 Å². The van der Waals surface area contributed by atoms with E-state index in [2.05, 4.69) is 76.2 Å². The lowest BCUT2D eigenvalue weighted by Crippen LogP contribution is -2.42. The van der Waals surface area contributed by atoms with Crippen molar-refractivity contribution in [1.82, 2.24) is 30.2 Å². The van der Waals surface area contributed by atoms with Gasteiger partial charge in [-0.1, -0.05) is 38.1 Å². The molecular formula is C45H52N6O6S2. The van der Waals surface area contributed by atoms with E-state index in [4.69, 9.17) is 4.74 Å². The van der Waals surface area contributed by atoms with Crippen LogP contribution < -0.4 is 10.9 Å². The van der Waals surface area contributed by atoms with Crippen molar-refractivity contribution in [2.75, 3.05) is 20.1 Å². The van der Waals surface area contributed by atoms with Gasteiger partial charge in [0.1, 0.15) is 17.1 Å². The molecule has 59 heavy (non-hydrogen) atoms. The standard InChI is InChI=1S/C45H52N6O6S2/c1-44(2,3)37-18-19-39(59-37)45(56,38-10-6-23-58-38)43(55)57-29-13-11-28(12-14-29)50(4)21-7-22-51-42-33-9-5-8-30(33)27(24-34(42)48-49-51)25-46-26-36(53)31-15-17-35(52)41-32(31)16-20-40(54)47-41/h6,10,16,18-20,23-24,28-29,36,46,52-53,56H,5,7-9,11-14,21-22,25-26H2,1-4H3,(H,47,54)/t28-,29-,36-,45-/m0/s1. The van der Waals surface area contributed by atoms with Crippen LogP contribution in [-0.4, -0.2) is 78.4 Å². The molecule has 0 radical (unpaired) electrons. The van der Waals surface area contributed by atoms with Gasteiger partial charge in [-0.3, -0.25) is 4.79 Å². The summed E-state index contributed by atoms with van der Waals surface area (Å²) in [7, 11) is 2.17. The van der Waals surface area contributed by atoms with Gasteiger partial charge in [0.05, 0.1) is 21.4 Å². The van der Waals surface area contributed by atoms with E-state index in [1.807, 2.05) is 29.6 Å². The predicted octanol–water partition coefficient (Wildman–Crippen LogP) is 6.42. The second-order valence-corrected chi connectivity index (χ2v) is 19.1. The van der Waals surface area contributed by atoms with E-state index in [-0.39, 0.29) is 34.9 Å². The van der Waals surface area contributed by atoms with Crippen LogP contribution in [-0.2, 0) is 46.5 Å². The van der Waals surface area contributed by atoms with E-state index in [1.54, 1.807) is 6.07 Å². The molecule has 2 aliphatic carbocycles. The summed E-state index contributed by atoms with van der Waals surface area (Å²) in [6.45, 7) is 8.84. The van der Waals surface area contributed by atoms with Gasteiger partial charge in [0.25, 0.3) is 0 Å². The Bertz CT molecular complexity index is 2500. The lowest BCUT2D eigenvalue weighted by molar-refractivity contribution is -0.169. The van der Waals surface area contributed by atoms with E-state index in [0.717, 1.165) is 85.9 Å². The molecule has 0 aliphatic heterocycles. The summed E-state index contributed by atoms with van der Waals surface area (Å²) in [6.07, 6.45) is 6.10. The highest BCUT2D eigenvalue weighted by molar-refractivity contribution is 7.13. The predicted molar refractivity (Wildman–Crippen MR) is 230 cm³/mol.